The van der Waals surface area contributed by atoms with Gasteiger partial charge in [0.25, 0.3) is 5.91 Å². The summed E-state index contributed by atoms with van der Waals surface area (Å²) in [5.41, 5.74) is 0.498. The lowest BCUT2D eigenvalue weighted by molar-refractivity contribution is -0.385. The second-order valence-electron chi connectivity index (χ2n) is 6.41. The standard InChI is InChI=1S/C17H23N3O5/c1-11-7-8-15(14(9-11)20(23)24)25-10-16(21)19-17(22)18-13-6-4-3-5-12(13)2/h7-9,12-13H,3-6,10H2,1-2H3,(H2,18,19,21,22). The first kappa shape index (κ1) is 18.7. The molecule has 2 unspecified atom stereocenters. The molecule has 1 aromatic rings. The zero-order chi connectivity index (χ0) is 18.4. The lowest BCUT2D eigenvalue weighted by Gasteiger charge is -2.29. The van der Waals surface area contributed by atoms with E-state index in [1.54, 1.807) is 13.0 Å². The summed E-state index contributed by atoms with van der Waals surface area (Å²) in [6.07, 6.45) is 4.17. The Balaban J connectivity index is 1.84. The molecule has 0 aliphatic heterocycles. The average molecular weight is 349 g/mol. The molecule has 0 spiro atoms. The minimum Gasteiger partial charge on any atom is -0.477 e. The van der Waals surface area contributed by atoms with Gasteiger partial charge in [-0.2, -0.15) is 0 Å². The Hall–Kier alpha value is -2.64. The molecule has 1 fully saturated rings. The van der Waals surface area contributed by atoms with Crippen molar-refractivity contribution in [1.29, 1.82) is 0 Å². The second-order valence-corrected chi connectivity index (χ2v) is 6.41. The molecule has 0 radical (unpaired) electrons. The Labute approximate surface area is 146 Å². The van der Waals surface area contributed by atoms with Crippen LogP contribution in [0.4, 0.5) is 10.5 Å². The zero-order valence-electron chi connectivity index (χ0n) is 14.4. The fourth-order valence-corrected chi connectivity index (χ4v) is 2.93. The summed E-state index contributed by atoms with van der Waals surface area (Å²) in [5.74, 6) is -0.288. The molecule has 0 bridgehead atoms. The summed E-state index contributed by atoms with van der Waals surface area (Å²) in [4.78, 5) is 34.2. The van der Waals surface area contributed by atoms with E-state index in [4.69, 9.17) is 4.74 Å². The van der Waals surface area contributed by atoms with Crippen molar-refractivity contribution in [3.63, 3.8) is 0 Å². The third-order valence-corrected chi connectivity index (χ3v) is 4.35. The number of carbonyl (C=O) groups excluding carboxylic acids is 2. The lowest BCUT2D eigenvalue weighted by atomic mass is 9.86. The monoisotopic (exact) mass is 349 g/mol. The van der Waals surface area contributed by atoms with Gasteiger partial charge in [0.15, 0.2) is 12.4 Å². The van der Waals surface area contributed by atoms with Crippen molar-refractivity contribution >= 4 is 17.6 Å². The van der Waals surface area contributed by atoms with E-state index in [1.807, 2.05) is 0 Å². The van der Waals surface area contributed by atoms with Gasteiger partial charge in [0, 0.05) is 12.1 Å². The van der Waals surface area contributed by atoms with Gasteiger partial charge in [-0.1, -0.05) is 25.8 Å². The van der Waals surface area contributed by atoms with Crippen LogP contribution in [0.15, 0.2) is 18.2 Å². The average Bonchev–Trinajstić information content (AvgIpc) is 2.55. The smallest absolute Gasteiger partial charge is 0.321 e. The summed E-state index contributed by atoms with van der Waals surface area (Å²) in [6, 6.07) is 3.94. The molecule has 25 heavy (non-hydrogen) atoms. The Morgan fingerprint density at radius 2 is 2.04 bits per heavy atom. The van der Waals surface area contributed by atoms with Crippen LogP contribution in [0.5, 0.6) is 5.75 Å². The molecular weight excluding hydrogens is 326 g/mol. The number of rotatable bonds is 5. The van der Waals surface area contributed by atoms with Gasteiger partial charge in [-0.05, 0) is 37.3 Å². The summed E-state index contributed by atoms with van der Waals surface area (Å²) in [5, 5.41) is 16.0. The van der Waals surface area contributed by atoms with Crippen LogP contribution in [0.3, 0.4) is 0 Å². The predicted octanol–water partition coefficient (Wildman–Crippen LogP) is 2.69. The van der Waals surface area contributed by atoms with Gasteiger partial charge >= 0.3 is 11.7 Å². The number of amides is 3. The quantitative estimate of drug-likeness (QED) is 0.627. The largest absolute Gasteiger partial charge is 0.477 e. The van der Waals surface area contributed by atoms with Crippen LogP contribution in [0, 0.1) is 23.0 Å². The van der Waals surface area contributed by atoms with Gasteiger partial charge in [0.1, 0.15) is 0 Å². The zero-order valence-corrected chi connectivity index (χ0v) is 14.4. The Morgan fingerprint density at radius 1 is 1.32 bits per heavy atom. The SMILES string of the molecule is Cc1ccc(OCC(=O)NC(=O)NC2CCCCC2C)c([N+](=O)[O-])c1. The highest BCUT2D eigenvalue weighted by molar-refractivity contribution is 5.95. The van der Waals surface area contributed by atoms with Gasteiger partial charge in [0.05, 0.1) is 4.92 Å². The Bertz CT molecular complexity index is 662. The van der Waals surface area contributed by atoms with E-state index < -0.39 is 23.5 Å². The van der Waals surface area contributed by atoms with E-state index in [9.17, 15) is 19.7 Å². The third kappa shape index (κ3) is 5.44. The van der Waals surface area contributed by atoms with E-state index in [0.717, 1.165) is 25.7 Å². The molecule has 0 saturated heterocycles. The van der Waals surface area contributed by atoms with Crippen LogP contribution in [0.2, 0.25) is 0 Å². The maximum absolute atomic E-state index is 11.9. The minimum absolute atomic E-state index is 0.00735. The fourth-order valence-electron chi connectivity index (χ4n) is 2.93. The topological polar surface area (TPSA) is 111 Å². The van der Waals surface area contributed by atoms with Crippen LogP contribution in [0.1, 0.15) is 38.2 Å². The van der Waals surface area contributed by atoms with E-state index in [0.29, 0.717) is 11.5 Å². The first-order valence-electron chi connectivity index (χ1n) is 8.35. The normalized spacial score (nSPS) is 19.8. The van der Waals surface area contributed by atoms with Crippen molar-refractivity contribution in [2.24, 2.45) is 5.92 Å². The number of ether oxygens (including phenoxy) is 1. The van der Waals surface area contributed by atoms with E-state index in [1.165, 1.54) is 12.1 Å². The summed E-state index contributed by atoms with van der Waals surface area (Å²) in [6.45, 7) is 3.32. The number of nitro groups is 1. The maximum atomic E-state index is 11.9. The molecule has 2 rings (SSSR count). The number of hydrogen-bond acceptors (Lipinski definition) is 5. The first-order chi connectivity index (χ1) is 11.9. The number of nitro benzene ring substituents is 1. The third-order valence-electron chi connectivity index (χ3n) is 4.35. The molecule has 0 aromatic heterocycles. The van der Waals surface area contributed by atoms with Crippen molar-refractivity contribution in [3.05, 3.63) is 33.9 Å². The number of aryl methyl sites for hydroxylation is 1. The molecule has 8 nitrogen and oxygen atoms in total. The molecule has 3 amide bonds. The van der Waals surface area contributed by atoms with E-state index >= 15 is 0 Å². The van der Waals surface area contributed by atoms with Crippen LogP contribution >= 0.6 is 0 Å². The molecule has 8 heteroatoms. The van der Waals surface area contributed by atoms with Gasteiger partial charge in [0.2, 0.25) is 0 Å². The number of nitrogens with zero attached hydrogens (tertiary/aromatic N) is 1. The van der Waals surface area contributed by atoms with Gasteiger partial charge in [-0.15, -0.1) is 0 Å². The van der Waals surface area contributed by atoms with Crippen LogP contribution in [-0.4, -0.2) is 29.5 Å². The van der Waals surface area contributed by atoms with E-state index in [-0.39, 0.29) is 17.5 Å². The fraction of sp³-hybridized carbons (Fsp3) is 0.529. The molecular formula is C17H23N3O5. The summed E-state index contributed by atoms with van der Waals surface area (Å²) < 4.78 is 5.19. The summed E-state index contributed by atoms with van der Waals surface area (Å²) >= 11 is 0. The highest BCUT2D eigenvalue weighted by Crippen LogP contribution is 2.27. The lowest BCUT2D eigenvalue weighted by Crippen LogP contribution is -2.48. The number of hydrogen-bond donors (Lipinski definition) is 2. The molecule has 1 aliphatic carbocycles. The number of carbonyl (C=O) groups is 2. The van der Waals surface area contributed by atoms with Crippen LogP contribution in [0.25, 0.3) is 0 Å². The molecule has 1 aromatic carbocycles. The number of urea groups is 1. The van der Waals surface area contributed by atoms with E-state index in [2.05, 4.69) is 17.6 Å². The summed E-state index contributed by atoms with van der Waals surface area (Å²) in [7, 11) is 0. The number of nitrogens with one attached hydrogen (secondary N) is 2. The van der Waals surface area contributed by atoms with Crippen molar-refractivity contribution < 1.29 is 19.2 Å². The molecule has 1 saturated carbocycles. The highest BCUT2D eigenvalue weighted by atomic mass is 16.6. The van der Waals surface area contributed by atoms with Crippen molar-refractivity contribution in [2.45, 2.75) is 45.6 Å². The van der Waals surface area contributed by atoms with Crippen molar-refractivity contribution in [1.82, 2.24) is 10.6 Å². The van der Waals surface area contributed by atoms with Crippen molar-refractivity contribution in [3.8, 4) is 5.75 Å². The van der Waals surface area contributed by atoms with Gasteiger partial charge < -0.3 is 10.1 Å². The molecule has 0 heterocycles. The van der Waals surface area contributed by atoms with Crippen LogP contribution in [-0.2, 0) is 4.79 Å². The van der Waals surface area contributed by atoms with Crippen molar-refractivity contribution in [2.75, 3.05) is 6.61 Å². The Morgan fingerprint density at radius 3 is 2.72 bits per heavy atom. The molecule has 1 aliphatic rings. The highest BCUT2D eigenvalue weighted by Gasteiger charge is 2.23. The van der Waals surface area contributed by atoms with Gasteiger partial charge in [-0.3, -0.25) is 20.2 Å². The molecule has 2 atom stereocenters. The molecule has 136 valence electrons. The maximum Gasteiger partial charge on any atom is 0.321 e. The second kappa shape index (κ2) is 8.46. The molecule has 2 N–H and O–H groups in total. The van der Waals surface area contributed by atoms with Crippen LogP contribution < -0.4 is 15.4 Å². The Kier molecular flexibility index (Phi) is 6.32. The minimum atomic E-state index is -0.657. The number of benzene rings is 1. The van der Waals surface area contributed by atoms with Gasteiger partial charge in [-0.25, -0.2) is 4.79 Å². The number of imide groups is 1. The predicted molar refractivity (Wildman–Crippen MR) is 91.4 cm³/mol. The first-order valence-corrected chi connectivity index (χ1v) is 8.35.